The van der Waals surface area contributed by atoms with Gasteiger partial charge in [-0.3, -0.25) is 9.36 Å². The van der Waals surface area contributed by atoms with E-state index in [2.05, 4.69) is 6.58 Å². The van der Waals surface area contributed by atoms with Crippen LogP contribution in [0.1, 0.15) is 19.4 Å². The molecule has 5 nitrogen and oxygen atoms in total. The molecule has 0 spiro atoms. The number of nitrogens with two attached hydrogens (primary N) is 1. The molecule has 0 amide bonds. The minimum atomic E-state index is -0.551. The van der Waals surface area contributed by atoms with Gasteiger partial charge < -0.3 is 10.5 Å². The molecule has 1 aromatic heterocycles. The average Bonchev–Trinajstić information content (AvgIpc) is 2.54. The Morgan fingerprint density at radius 3 is 2.71 bits per heavy atom. The fourth-order valence-electron chi connectivity index (χ4n) is 1.79. The van der Waals surface area contributed by atoms with Crippen LogP contribution in [0.2, 0.25) is 0 Å². The highest BCUT2D eigenvalue weighted by molar-refractivity contribution is 5.88. The normalized spacial score (nSPS) is 9.67. The zero-order valence-electron chi connectivity index (χ0n) is 12.3. The summed E-state index contributed by atoms with van der Waals surface area (Å²) >= 11 is 0. The first-order valence-electron chi connectivity index (χ1n) is 6.79. The van der Waals surface area contributed by atoms with Gasteiger partial charge in [-0.2, -0.15) is 0 Å². The van der Waals surface area contributed by atoms with Gasteiger partial charge >= 0.3 is 6.09 Å². The molecule has 0 radical (unpaired) electrons. The van der Waals surface area contributed by atoms with Gasteiger partial charge in [0, 0.05) is 24.2 Å². The number of carbonyl (C=O) groups is 1. The van der Waals surface area contributed by atoms with Crippen LogP contribution in [0, 0.1) is 0 Å². The SMILES string of the molecule is C=CCOC(=O)n1ccc(=O)c2cc(CN)ccc21.CC. The second-order valence-electron chi connectivity index (χ2n) is 3.97. The van der Waals surface area contributed by atoms with Crippen molar-refractivity contribution in [2.24, 2.45) is 5.73 Å². The topological polar surface area (TPSA) is 74.3 Å². The summed E-state index contributed by atoms with van der Waals surface area (Å²) in [4.78, 5) is 23.7. The number of nitrogens with zero attached hydrogens (tertiary/aromatic N) is 1. The van der Waals surface area contributed by atoms with Crippen LogP contribution in [0.3, 0.4) is 0 Å². The molecule has 0 saturated carbocycles. The zero-order valence-corrected chi connectivity index (χ0v) is 12.3. The van der Waals surface area contributed by atoms with Gasteiger partial charge in [0.05, 0.1) is 5.52 Å². The van der Waals surface area contributed by atoms with Gasteiger partial charge in [0.2, 0.25) is 0 Å². The van der Waals surface area contributed by atoms with Gasteiger partial charge in [-0.25, -0.2) is 4.79 Å². The molecule has 1 heterocycles. The minimum absolute atomic E-state index is 0.118. The van der Waals surface area contributed by atoms with Crippen LogP contribution in [0.25, 0.3) is 10.9 Å². The van der Waals surface area contributed by atoms with Gasteiger partial charge in [0.1, 0.15) is 6.61 Å². The molecule has 0 aliphatic heterocycles. The Hall–Kier alpha value is -2.40. The Morgan fingerprint density at radius 1 is 1.38 bits per heavy atom. The van der Waals surface area contributed by atoms with Crippen LogP contribution >= 0.6 is 0 Å². The van der Waals surface area contributed by atoms with E-state index in [1.807, 2.05) is 13.8 Å². The van der Waals surface area contributed by atoms with E-state index in [1.54, 1.807) is 18.2 Å². The summed E-state index contributed by atoms with van der Waals surface area (Å²) in [5, 5.41) is 0.445. The highest BCUT2D eigenvalue weighted by Gasteiger charge is 2.10. The second kappa shape index (κ2) is 8.01. The molecule has 5 heteroatoms. The highest BCUT2D eigenvalue weighted by atomic mass is 16.5. The van der Waals surface area contributed by atoms with E-state index in [0.717, 1.165) is 5.56 Å². The summed E-state index contributed by atoms with van der Waals surface area (Å²) in [5.74, 6) is 0. The molecule has 2 N–H and O–H groups in total. The largest absolute Gasteiger partial charge is 0.445 e. The first-order chi connectivity index (χ1) is 10.2. The Balaban J connectivity index is 0.00000106. The number of ether oxygens (including phenoxy) is 1. The van der Waals surface area contributed by atoms with Crippen molar-refractivity contribution in [2.75, 3.05) is 6.61 Å². The van der Waals surface area contributed by atoms with Crippen molar-refractivity contribution in [1.82, 2.24) is 4.57 Å². The van der Waals surface area contributed by atoms with Crippen molar-refractivity contribution in [3.63, 3.8) is 0 Å². The molecule has 21 heavy (non-hydrogen) atoms. The molecule has 0 fully saturated rings. The average molecular weight is 288 g/mol. The Kier molecular flexibility index (Phi) is 6.36. The van der Waals surface area contributed by atoms with Crippen LogP contribution in [-0.4, -0.2) is 17.3 Å². The molecule has 0 bridgehead atoms. The Morgan fingerprint density at radius 2 is 2.10 bits per heavy atom. The zero-order chi connectivity index (χ0) is 15.8. The number of fused-ring (bicyclic) bond motifs is 1. The number of benzene rings is 1. The monoisotopic (exact) mass is 288 g/mol. The Bertz CT molecular complexity index is 689. The lowest BCUT2D eigenvalue weighted by Gasteiger charge is -2.09. The minimum Gasteiger partial charge on any atom is -0.445 e. The fraction of sp³-hybridized carbons (Fsp3) is 0.250. The molecule has 0 aliphatic rings. The third-order valence-corrected chi connectivity index (χ3v) is 2.72. The van der Waals surface area contributed by atoms with Crippen molar-refractivity contribution in [1.29, 1.82) is 0 Å². The highest BCUT2D eigenvalue weighted by Crippen LogP contribution is 2.13. The number of hydrogen-bond acceptors (Lipinski definition) is 4. The number of pyridine rings is 1. The molecule has 0 aliphatic carbocycles. The van der Waals surface area contributed by atoms with Crippen molar-refractivity contribution in [3.05, 3.63) is 58.9 Å². The maximum absolute atomic E-state index is 11.8. The van der Waals surface area contributed by atoms with E-state index in [-0.39, 0.29) is 12.0 Å². The van der Waals surface area contributed by atoms with E-state index < -0.39 is 6.09 Å². The summed E-state index contributed by atoms with van der Waals surface area (Å²) in [6, 6.07) is 6.49. The molecule has 0 unspecified atom stereocenters. The molecule has 2 aromatic rings. The van der Waals surface area contributed by atoms with Gasteiger partial charge in [-0.1, -0.05) is 32.6 Å². The van der Waals surface area contributed by atoms with Gasteiger partial charge in [0.25, 0.3) is 0 Å². The number of rotatable bonds is 3. The summed E-state index contributed by atoms with van der Waals surface area (Å²) in [5.41, 5.74) is 6.72. The number of hydrogen-bond donors (Lipinski definition) is 1. The van der Waals surface area contributed by atoms with Gasteiger partial charge in [-0.05, 0) is 17.7 Å². The second-order valence-corrected chi connectivity index (χ2v) is 3.97. The Labute approximate surface area is 123 Å². The van der Waals surface area contributed by atoms with E-state index in [0.29, 0.717) is 17.4 Å². The molecular formula is C16H20N2O3. The first-order valence-corrected chi connectivity index (χ1v) is 6.79. The third-order valence-electron chi connectivity index (χ3n) is 2.72. The quantitative estimate of drug-likeness (QED) is 0.881. The number of carbonyl (C=O) groups excluding carboxylic acids is 1. The summed E-state index contributed by atoms with van der Waals surface area (Å²) in [6.07, 6.45) is 2.33. The van der Waals surface area contributed by atoms with Crippen LogP contribution in [0.15, 0.2) is 47.9 Å². The molecule has 1 aromatic carbocycles. The lowest BCUT2D eigenvalue weighted by molar-refractivity contribution is 0.161. The van der Waals surface area contributed by atoms with Crippen LogP contribution < -0.4 is 11.2 Å². The fourth-order valence-corrected chi connectivity index (χ4v) is 1.79. The lowest BCUT2D eigenvalue weighted by Crippen LogP contribution is -2.17. The van der Waals surface area contributed by atoms with Crippen molar-refractivity contribution in [2.45, 2.75) is 20.4 Å². The van der Waals surface area contributed by atoms with Crippen LogP contribution in [0.4, 0.5) is 4.79 Å². The molecule has 0 atom stereocenters. The van der Waals surface area contributed by atoms with E-state index in [9.17, 15) is 9.59 Å². The van der Waals surface area contributed by atoms with Crippen LogP contribution in [0.5, 0.6) is 0 Å². The molecule has 2 rings (SSSR count). The third kappa shape index (κ3) is 3.79. The van der Waals surface area contributed by atoms with Crippen molar-refractivity contribution in [3.8, 4) is 0 Å². The van der Waals surface area contributed by atoms with Crippen LogP contribution in [-0.2, 0) is 11.3 Å². The number of aromatic nitrogens is 1. The maximum atomic E-state index is 11.8. The predicted molar refractivity (Wildman–Crippen MR) is 84.4 cm³/mol. The first kappa shape index (κ1) is 16.7. The van der Waals surface area contributed by atoms with Crippen molar-refractivity contribution >= 4 is 17.0 Å². The predicted octanol–water partition coefficient (Wildman–Crippen LogP) is 2.66. The summed E-state index contributed by atoms with van der Waals surface area (Å²) in [7, 11) is 0. The van der Waals surface area contributed by atoms with E-state index in [1.165, 1.54) is 22.9 Å². The smallest absolute Gasteiger partial charge is 0.418 e. The standard InChI is InChI=1S/C14H14N2O3.C2H6/c1-2-7-19-14(18)16-6-5-13(17)11-8-10(9-15)3-4-12(11)16;1-2/h2-6,8H,1,7,9,15H2;1-2H3. The maximum Gasteiger partial charge on any atom is 0.418 e. The lowest BCUT2D eigenvalue weighted by atomic mass is 10.1. The van der Waals surface area contributed by atoms with Gasteiger partial charge in [0.15, 0.2) is 5.43 Å². The molecule has 112 valence electrons. The summed E-state index contributed by atoms with van der Waals surface area (Å²) in [6.45, 7) is 7.93. The van der Waals surface area contributed by atoms with E-state index in [4.69, 9.17) is 10.5 Å². The molecule has 0 saturated heterocycles. The van der Waals surface area contributed by atoms with Gasteiger partial charge in [-0.15, -0.1) is 0 Å². The van der Waals surface area contributed by atoms with E-state index >= 15 is 0 Å². The van der Waals surface area contributed by atoms with Crippen molar-refractivity contribution < 1.29 is 9.53 Å². The summed E-state index contributed by atoms with van der Waals surface area (Å²) < 4.78 is 6.25. The molecular weight excluding hydrogens is 268 g/mol.